The van der Waals surface area contributed by atoms with E-state index in [2.05, 4.69) is 10.4 Å². The number of methoxy groups -OCH3 is 1. The van der Waals surface area contributed by atoms with Crippen molar-refractivity contribution in [3.8, 4) is 5.75 Å². The molecule has 0 spiro atoms. The maximum atomic E-state index is 13.2. The first kappa shape index (κ1) is 13.5. The first-order valence-electron chi connectivity index (χ1n) is 5.87. The Balaban J connectivity index is 2.42. The second-order valence-corrected chi connectivity index (χ2v) is 4.27. The summed E-state index contributed by atoms with van der Waals surface area (Å²) in [5.74, 6) is 5.95. The molecule has 0 saturated heterocycles. The lowest BCUT2D eigenvalue weighted by atomic mass is 9.99. The Morgan fingerprint density at radius 3 is 2.68 bits per heavy atom. The molecule has 2 rings (SSSR count). The zero-order valence-electron chi connectivity index (χ0n) is 10.9. The van der Waals surface area contributed by atoms with Gasteiger partial charge in [-0.1, -0.05) is 12.1 Å². The molecule has 0 aliphatic rings. The molecule has 0 amide bonds. The molecule has 5 heteroatoms. The second kappa shape index (κ2) is 5.77. The van der Waals surface area contributed by atoms with E-state index in [4.69, 9.17) is 10.6 Å². The molecular formula is C14H16FN3O. The van der Waals surface area contributed by atoms with E-state index >= 15 is 0 Å². The number of nitrogens with two attached hydrogens (primary N) is 1. The number of rotatable bonds is 4. The molecule has 19 heavy (non-hydrogen) atoms. The lowest BCUT2D eigenvalue weighted by Gasteiger charge is -2.18. The van der Waals surface area contributed by atoms with Gasteiger partial charge in [-0.15, -0.1) is 0 Å². The van der Waals surface area contributed by atoms with Gasteiger partial charge in [0.25, 0.3) is 0 Å². The maximum absolute atomic E-state index is 13.2. The number of hydrazine groups is 1. The first-order valence-corrected chi connectivity index (χ1v) is 5.87. The fraction of sp³-hybridized carbons (Fsp3) is 0.214. The van der Waals surface area contributed by atoms with Gasteiger partial charge in [-0.05, 0) is 35.7 Å². The molecule has 1 unspecified atom stereocenters. The smallest absolute Gasteiger partial charge is 0.141 e. The van der Waals surface area contributed by atoms with Crippen LogP contribution < -0.4 is 16.0 Å². The number of aromatic nitrogens is 1. The van der Waals surface area contributed by atoms with E-state index in [1.54, 1.807) is 13.3 Å². The van der Waals surface area contributed by atoms with Crippen molar-refractivity contribution in [2.24, 2.45) is 5.84 Å². The molecular weight excluding hydrogens is 245 g/mol. The van der Waals surface area contributed by atoms with Crippen molar-refractivity contribution in [2.45, 2.75) is 13.0 Å². The lowest BCUT2D eigenvalue weighted by Crippen LogP contribution is -2.29. The van der Waals surface area contributed by atoms with Crippen LogP contribution in [0.3, 0.4) is 0 Å². The Morgan fingerprint density at radius 2 is 2.05 bits per heavy atom. The second-order valence-electron chi connectivity index (χ2n) is 4.27. The minimum Gasteiger partial charge on any atom is -0.496 e. The third-order valence-corrected chi connectivity index (χ3v) is 2.99. The number of hydrogen-bond donors (Lipinski definition) is 2. The molecule has 0 fully saturated rings. The number of ether oxygens (including phenoxy) is 1. The average Bonchev–Trinajstić information content (AvgIpc) is 2.41. The normalized spacial score (nSPS) is 12.2. The first-order chi connectivity index (χ1) is 9.15. The van der Waals surface area contributed by atoms with Crippen LogP contribution in [0.25, 0.3) is 0 Å². The van der Waals surface area contributed by atoms with Gasteiger partial charge in [-0.2, -0.15) is 0 Å². The quantitative estimate of drug-likeness (QED) is 0.653. The summed E-state index contributed by atoms with van der Waals surface area (Å²) in [5.41, 5.74) is 5.24. The van der Waals surface area contributed by atoms with Crippen LogP contribution in [0.1, 0.15) is 22.7 Å². The Hall–Kier alpha value is -1.98. The molecule has 0 saturated carbocycles. The summed E-state index contributed by atoms with van der Waals surface area (Å²) in [4.78, 5) is 3.84. The van der Waals surface area contributed by atoms with Gasteiger partial charge in [0.15, 0.2) is 0 Å². The molecule has 1 aromatic heterocycles. The molecule has 3 N–H and O–H groups in total. The van der Waals surface area contributed by atoms with Gasteiger partial charge >= 0.3 is 0 Å². The molecule has 0 radical (unpaired) electrons. The van der Waals surface area contributed by atoms with Gasteiger partial charge in [0.1, 0.15) is 11.6 Å². The summed E-state index contributed by atoms with van der Waals surface area (Å²) >= 11 is 0. The number of pyridine rings is 1. The Labute approximate surface area is 111 Å². The van der Waals surface area contributed by atoms with E-state index in [1.807, 2.05) is 25.1 Å². The number of hydrogen-bond acceptors (Lipinski definition) is 4. The predicted octanol–water partition coefficient (Wildman–Crippen LogP) is 2.09. The fourth-order valence-corrected chi connectivity index (χ4v) is 1.99. The maximum Gasteiger partial charge on any atom is 0.141 e. The highest BCUT2D eigenvalue weighted by Crippen LogP contribution is 2.26. The summed E-state index contributed by atoms with van der Waals surface area (Å²) in [6, 6.07) is 6.81. The zero-order chi connectivity index (χ0) is 13.8. The van der Waals surface area contributed by atoms with Gasteiger partial charge in [-0.3, -0.25) is 10.8 Å². The Kier molecular flexibility index (Phi) is 4.09. The molecule has 100 valence electrons. The van der Waals surface area contributed by atoms with E-state index < -0.39 is 5.82 Å². The summed E-state index contributed by atoms with van der Waals surface area (Å²) in [6.45, 7) is 1.96. The van der Waals surface area contributed by atoms with Crippen LogP contribution in [0.2, 0.25) is 0 Å². The predicted molar refractivity (Wildman–Crippen MR) is 71.1 cm³/mol. The molecule has 0 bridgehead atoms. The van der Waals surface area contributed by atoms with Crippen LogP contribution in [0.5, 0.6) is 5.75 Å². The van der Waals surface area contributed by atoms with Crippen molar-refractivity contribution in [2.75, 3.05) is 7.11 Å². The molecule has 2 aromatic rings. The van der Waals surface area contributed by atoms with Crippen molar-refractivity contribution in [3.63, 3.8) is 0 Å². The minimum absolute atomic E-state index is 0.335. The van der Waals surface area contributed by atoms with Gasteiger partial charge in [-0.25, -0.2) is 9.82 Å². The van der Waals surface area contributed by atoms with Crippen molar-refractivity contribution in [1.29, 1.82) is 0 Å². The van der Waals surface area contributed by atoms with Gasteiger partial charge in [0.2, 0.25) is 0 Å². The van der Waals surface area contributed by atoms with Crippen LogP contribution in [0.15, 0.2) is 36.7 Å². The number of halogens is 1. The SMILES string of the molecule is COc1cc(C(NN)c2cncc(F)c2)ccc1C. The number of nitrogens with zero attached hydrogens (tertiary/aromatic N) is 1. The molecule has 0 aliphatic heterocycles. The van der Waals surface area contributed by atoms with Crippen molar-refractivity contribution >= 4 is 0 Å². The third-order valence-electron chi connectivity index (χ3n) is 2.99. The molecule has 4 nitrogen and oxygen atoms in total. The summed E-state index contributed by atoms with van der Waals surface area (Å²) < 4.78 is 18.5. The average molecular weight is 261 g/mol. The van der Waals surface area contributed by atoms with Gasteiger partial charge in [0.05, 0.1) is 19.3 Å². The Morgan fingerprint density at radius 1 is 1.26 bits per heavy atom. The van der Waals surface area contributed by atoms with Crippen molar-refractivity contribution in [1.82, 2.24) is 10.4 Å². The number of nitrogens with one attached hydrogen (secondary N) is 1. The van der Waals surface area contributed by atoms with E-state index in [0.717, 1.165) is 23.1 Å². The molecule has 0 aliphatic carbocycles. The summed E-state index contributed by atoms with van der Waals surface area (Å²) in [7, 11) is 1.61. The topological polar surface area (TPSA) is 60.2 Å². The summed E-state index contributed by atoms with van der Waals surface area (Å²) in [5, 5.41) is 0. The summed E-state index contributed by atoms with van der Waals surface area (Å²) in [6.07, 6.45) is 2.74. The zero-order valence-corrected chi connectivity index (χ0v) is 10.9. The minimum atomic E-state index is -0.392. The molecule has 1 aromatic carbocycles. The molecule has 1 heterocycles. The third kappa shape index (κ3) is 2.89. The van der Waals surface area contributed by atoms with Crippen LogP contribution >= 0.6 is 0 Å². The molecule has 1 atom stereocenters. The fourth-order valence-electron chi connectivity index (χ4n) is 1.99. The van der Waals surface area contributed by atoms with E-state index in [9.17, 15) is 4.39 Å². The highest BCUT2D eigenvalue weighted by atomic mass is 19.1. The lowest BCUT2D eigenvalue weighted by molar-refractivity contribution is 0.410. The number of benzene rings is 1. The van der Waals surface area contributed by atoms with E-state index in [0.29, 0.717) is 5.56 Å². The highest BCUT2D eigenvalue weighted by molar-refractivity contribution is 5.40. The van der Waals surface area contributed by atoms with Crippen molar-refractivity contribution < 1.29 is 9.13 Å². The standard InChI is InChI=1S/C14H16FN3O/c1-9-3-4-10(6-13(9)19-2)14(18-16)11-5-12(15)8-17-7-11/h3-8,14,18H,16H2,1-2H3. The van der Waals surface area contributed by atoms with Gasteiger partial charge < -0.3 is 4.74 Å². The Bertz CT molecular complexity index is 574. The monoisotopic (exact) mass is 261 g/mol. The van der Waals surface area contributed by atoms with Gasteiger partial charge in [0, 0.05) is 6.20 Å². The van der Waals surface area contributed by atoms with E-state index in [-0.39, 0.29) is 6.04 Å². The largest absolute Gasteiger partial charge is 0.496 e. The van der Waals surface area contributed by atoms with Crippen molar-refractivity contribution in [3.05, 3.63) is 59.2 Å². The number of aryl methyl sites for hydroxylation is 1. The van der Waals surface area contributed by atoms with Crippen LogP contribution in [0.4, 0.5) is 4.39 Å². The van der Waals surface area contributed by atoms with Crippen LogP contribution in [0, 0.1) is 12.7 Å². The van der Waals surface area contributed by atoms with E-state index in [1.165, 1.54) is 6.07 Å². The van der Waals surface area contributed by atoms with Crippen LogP contribution in [-0.2, 0) is 0 Å². The highest BCUT2D eigenvalue weighted by Gasteiger charge is 2.15. The van der Waals surface area contributed by atoms with Crippen LogP contribution in [-0.4, -0.2) is 12.1 Å².